The number of hydrogen-bond acceptors (Lipinski definition) is 3. The van der Waals surface area contributed by atoms with E-state index in [1.807, 2.05) is 18.2 Å². The van der Waals surface area contributed by atoms with Gasteiger partial charge in [0.1, 0.15) is 5.82 Å². The smallest absolute Gasteiger partial charge is 0.123 e. The lowest BCUT2D eigenvalue weighted by molar-refractivity contribution is 0.0222. The molecule has 0 saturated carbocycles. The molecule has 120 valence electrons. The van der Waals surface area contributed by atoms with Crippen molar-refractivity contribution in [2.45, 2.75) is 18.6 Å². The first-order chi connectivity index (χ1) is 11.0. The van der Waals surface area contributed by atoms with Crippen LogP contribution in [0.2, 0.25) is 0 Å². The van der Waals surface area contributed by atoms with Gasteiger partial charge in [-0.1, -0.05) is 36.9 Å². The minimum atomic E-state index is -1.14. The number of aliphatic hydroxyl groups excluding tert-OH is 3. The van der Waals surface area contributed by atoms with E-state index in [0.717, 1.165) is 11.1 Å². The van der Waals surface area contributed by atoms with Crippen molar-refractivity contribution in [3.63, 3.8) is 0 Å². The Balaban J connectivity index is 2.22. The molecule has 0 spiro atoms. The molecule has 0 bridgehead atoms. The largest absolute Gasteiger partial charge is 0.392 e. The molecule has 0 heterocycles. The first kappa shape index (κ1) is 15.9. The normalized spacial score (nSPS) is 23.4. The van der Waals surface area contributed by atoms with E-state index in [2.05, 4.69) is 6.58 Å². The van der Waals surface area contributed by atoms with Crippen LogP contribution in [0.3, 0.4) is 0 Å². The Labute approximate surface area is 134 Å². The zero-order chi connectivity index (χ0) is 16.6. The summed E-state index contributed by atoms with van der Waals surface area (Å²) < 4.78 is 13.7. The Morgan fingerprint density at radius 1 is 1.04 bits per heavy atom. The molecule has 0 amide bonds. The third kappa shape index (κ3) is 2.81. The molecule has 0 fully saturated rings. The summed E-state index contributed by atoms with van der Waals surface area (Å²) in [5, 5.41) is 31.0. The number of aliphatic hydroxyl groups is 3. The van der Waals surface area contributed by atoms with Gasteiger partial charge in [-0.25, -0.2) is 4.39 Å². The molecule has 3 N–H and O–H groups in total. The van der Waals surface area contributed by atoms with Crippen LogP contribution in [0, 0.1) is 11.7 Å². The second-order valence-corrected chi connectivity index (χ2v) is 5.95. The van der Waals surface area contributed by atoms with E-state index in [1.165, 1.54) is 12.1 Å². The molecule has 0 aromatic heterocycles. The van der Waals surface area contributed by atoms with E-state index >= 15 is 0 Å². The first-order valence-corrected chi connectivity index (χ1v) is 7.53. The van der Waals surface area contributed by atoms with Crippen LogP contribution in [0.25, 0.3) is 0 Å². The van der Waals surface area contributed by atoms with Crippen molar-refractivity contribution in [1.82, 2.24) is 0 Å². The summed E-state index contributed by atoms with van der Waals surface area (Å²) in [7, 11) is 0. The van der Waals surface area contributed by atoms with E-state index < -0.39 is 23.9 Å². The lowest BCUT2D eigenvalue weighted by Gasteiger charge is -2.33. The third-order valence-electron chi connectivity index (χ3n) is 4.54. The summed E-state index contributed by atoms with van der Waals surface area (Å²) in [4.78, 5) is 0. The lowest BCUT2D eigenvalue weighted by Crippen LogP contribution is -2.27. The van der Waals surface area contributed by atoms with Crippen LogP contribution < -0.4 is 0 Å². The minimum Gasteiger partial charge on any atom is -0.392 e. The lowest BCUT2D eigenvalue weighted by atomic mass is 9.76. The van der Waals surface area contributed by atoms with Crippen LogP contribution in [-0.4, -0.2) is 21.9 Å². The van der Waals surface area contributed by atoms with Gasteiger partial charge in [0.15, 0.2) is 0 Å². The highest BCUT2D eigenvalue weighted by atomic mass is 19.1. The van der Waals surface area contributed by atoms with Crippen LogP contribution in [0.4, 0.5) is 4.39 Å². The van der Waals surface area contributed by atoms with Gasteiger partial charge in [0, 0.05) is 5.92 Å². The monoisotopic (exact) mass is 314 g/mol. The maximum Gasteiger partial charge on any atom is 0.123 e. The van der Waals surface area contributed by atoms with Gasteiger partial charge in [-0.3, -0.25) is 0 Å². The topological polar surface area (TPSA) is 60.7 Å². The molecular formula is C19H19FO3. The number of halogens is 1. The Kier molecular flexibility index (Phi) is 4.31. The zero-order valence-corrected chi connectivity index (χ0v) is 12.6. The molecule has 4 heteroatoms. The summed E-state index contributed by atoms with van der Waals surface area (Å²) in [6.07, 6.45) is -1.65. The van der Waals surface area contributed by atoms with Gasteiger partial charge < -0.3 is 15.3 Å². The van der Waals surface area contributed by atoms with Crippen molar-refractivity contribution >= 4 is 0 Å². The van der Waals surface area contributed by atoms with Crippen molar-refractivity contribution in [2.24, 2.45) is 5.92 Å². The quantitative estimate of drug-likeness (QED) is 0.747. The van der Waals surface area contributed by atoms with Gasteiger partial charge in [0.2, 0.25) is 0 Å². The summed E-state index contributed by atoms with van der Waals surface area (Å²) >= 11 is 0. The predicted octanol–water partition coefficient (Wildman–Crippen LogP) is 2.66. The molecule has 0 unspecified atom stereocenters. The van der Waals surface area contributed by atoms with E-state index in [0.29, 0.717) is 23.1 Å². The molecule has 0 radical (unpaired) electrons. The highest BCUT2D eigenvalue weighted by Crippen LogP contribution is 2.42. The van der Waals surface area contributed by atoms with Crippen LogP contribution in [0.5, 0.6) is 0 Å². The molecule has 1 aliphatic rings. The molecule has 0 aliphatic heterocycles. The fraction of sp³-hybridized carbons (Fsp3) is 0.263. The van der Waals surface area contributed by atoms with Gasteiger partial charge in [-0.05, 0) is 46.4 Å². The molecule has 2 aromatic rings. The molecule has 23 heavy (non-hydrogen) atoms. The average molecular weight is 314 g/mol. The maximum absolute atomic E-state index is 13.7. The Bertz CT molecular complexity index is 741. The van der Waals surface area contributed by atoms with Crippen LogP contribution >= 0.6 is 0 Å². The van der Waals surface area contributed by atoms with Crippen molar-refractivity contribution in [3.8, 4) is 0 Å². The minimum absolute atomic E-state index is 0.317. The van der Waals surface area contributed by atoms with Gasteiger partial charge in [-0.15, -0.1) is 0 Å². The molecule has 2 aromatic carbocycles. The van der Waals surface area contributed by atoms with Gasteiger partial charge >= 0.3 is 0 Å². The average Bonchev–Trinajstić information content (AvgIpc) is 2.55. The molecular weight excluding hydrogens is 295 g/mol. The van der Waals surface area contributed by atoms with E-state index in [9.17, 15) is 19.7 Å². The second-order valence-electron chi connectivity index (χ2n) is 5.95. The van der Waals surface area contributed by atoms with Crippen molar-refractivity contribution in [1.29, 1.82) is 0 Å². The molecule has 3 nitrogen and oxygen atoms in total. The SMILES string of the molecule is C=C(CO)[C@@H]1[C@H](O)c2ccccc2Cc2ccc(F)cc2[C@@H]1O. The van der Waals surface area contributed by atoms with Crippen LogP contribution in [0.1, 0.15) is 34.5 Å². The molecule has 1 aliphatic carbocycles. The van der Waals surface area contributed by atoms with Crippen LogP contribution in [-0.2, 0) is 6.42 Å². The van der Waals surface area contributed by atoms with E-state index in [-0.39, 0.29) is 6.61 Å². The fourth-order valence-corrected chi connectivity index (χ4v) is 3.30. The van der Waals surface area contributed by atoms with Crippen molar-refractivity contribution in [2.75, 3.05) is 6.61 Å². The van der Waals surface area contributed by atoms with Gasteiger partial charge in [0.25, 0.3) is 0 Å². The van der Waals surface area contributed by atoms with E-state index in [1.54, 1.807) is 12.1 Å². The standard InChI is InChI=1S/C19H19FO3/c1-11(10-21)17-18(22)15-5-3-2-4-12(15)8-13-6-7-14(20)9-16(13)19(17)23/h2-7,9,17-19,21-23H,1,8,10H2/t17-,18-,19+/m1/s1. The third-order valence-corrected chi connectivity index (χ3v) is 4.54. The number of hydrogen-bond donors (Lipinski definition) is 3. The number of rotatable bonds is 2. The maximum atomic E-state index is 13.7. The van der Waals surface area contributed by atoms with Crippen LogP contribution in [0.15, 0.2) is 54.6 Å². The first-order valence-electron chi connectivity index (χ1n) is 7.53. The number of benzene rings is 2. The van der Waals surface area contributed by atoms with E-state index in [4.69, 9.17) is 0 Å². The molecule has 0 saturated heterocycles. The zero-order valence-electron chi connectivity index (χ0n) is 12.6. The summed E-state index contributed by atoms with van der Waals surface area (Å²) in [6, 6.07) is 11.7. The summed E-state index contributed by atoms with van der Waals surface area (Å²) in [5.41, 5.74) is 3.15. The molecule has 3 atom stereocenters. The Morgan fingerprint density at radius 3 is 2.43 bits per heavy atom. The Hall–Kier alpha value is -2.01. The molecule has 3 rings (SSSR count). The second kappa shape index (κ2) is 6.24. The summed E-state index contributed by atoms with van der Waals surface area (Å²) in [5.74, 6) is -1.25. The highest BCUT2D eigenvalue weighted by Gasteiger charge is 2.35. The predicted molar refractivity (Wildman–Crippen MR) is 85.3 cm³/mol. The fourth-order valence-electron chi connectivity index (χ4n) is 3.30. The van der Waals surface area contributed by atoms with Gasteiger partial charge in [-0.2, -0.15) is 0 Å². The van der Waals surface area contributed by atoms with Crippen molar-refractivity contribution < 1.29 is 19.7 Å². The van der Waals surface area contributed by atoms with Gasteiger partial charge in [0.05, 0.1) is 18.8 Å². The summed E-state index contributed by atoms with van der Waals surface area (Å²) in [6.45, 7) is 3.42. The number of fused-ring (bicyclic) bond motifs is 2. The Morgan fingerprint density at radius 2 is 1.70 bits per heavy atom. The van der Waals surface area contributed by atoms with Crippen molar-refractivity contribution in [3.05, 3.63) is 82.7 Å². The highest BCUT2D eigenvalue weighted by molar-refractivity contribution is 5.42.